The zero-order chi connectivity index (χ0) is 8.69. The molecule has 2 atom stereocenters. The van der Waals surface area contributed by atoms with Crippen LogP contribution in [0.5, 0.6) is 0 Å². The fraction of sp³-hybridized carbons (Fsp3) is 1.00. The minimum absolute atomic E-state index is 0.0681. The summed E-state index contributed by atoms with van der Waals surface area (Å²) in [7, 11) is 0. The van der Waals surface area contributed by atoms with Crippen LogP contribution >= 0.6 is 15.9 Å². The van der Waals surface area contributed by atoms with Crippen LogP contribution < -0.4 is 0 Å². The van der Waals surface area contributed by atoms with Gasteiger partial charge in [-0.2, -0.15) is 0 Å². The maximum atomic E-state index is 5.38. The fourth-order valence-electron chi connectivity index (χ4n) is 0.627. The number of hydrogen-bond acceptors (Lipinski definition) is 2. The van der Waals surface area contributed by atoms with Crippen LogP contribution in [-0.2, 0) is 9.47 Å². The summed E-state index contributed by atoms with van der Waals surface area (Å²) in [5.41, 5.74) is 0. The van der Waals surface area contributed by atoms with E-state index in [1.165, 1.54) is 0 Å². The van der Waals surface area contributed by atoms with Crippen molar-refractivity contribution in [1.82, 2.24) is 0 Å². The van der Waals surface area contributed by atoms with E-state index in [1.807, 2.05) is 13.8 Å². The Morgan fingerprint density at radius 2 is 1.91 bits per heavy atom. The third-order valence-corrected chi connectivity index (χ3v) is 2.39. The van der Waals surface area contributed by atoms with Crippen LogP contribution in [0.15, 0.2) is 0 Å². The largest absolute Gasteiger partial charge is 0.353 e. The highest BCUT2D eigenvalue weighted by molar-refractivity contribution is 9.09. The molecule has 0 N–H and O–H groups in total. The fourth-order valence-corrected chi connectivity index (χ4v) is 0.814. The van der Waals surface area contributed by atoms with Gasteiger partial charge < -0.3 is 9.47 Å². The van der Waals surface area contributed by atoms with Gasteiger partial charge in [-0.25, -0.2) is 0 Å². The van der Waals surface area contributed by atoms with Crippen molar-refractivity contribution in [3.05, 3.63) is 0 Å². The van der Waals surface area contributed by atoms with Crippen molar-refractivity contribution in [1.29, 1.82) is 0 Å². The molecule has 0 saturated carbocycles. The monoisotopic (exact) mass is 224 g/mol. The number of hydrogen-bond donors (Lipinski definition) is 0. The molecule has 0 aromatic carbocycles. The molecule has 0 aliphatic heterocycles. The van der Waals surface area contributed by atoms with Gasteiger partial charge in [0.2, 0.25) is 0 Å². The standard InChI is InChI=1S/C8H17BrO2/c1-4-10-8(3)11-6-7(2)5-9/h7-8H,4-6H2,1-3H3. The molecular weight excluding hydrogens is 208 g/mol. The Morgan fingerprint density at radius 1 is 1.27 bits per heavy atom. The average Bonchev–Trinajstić information content (AvgIpc) is 2.01. The van der Waals surface area contributed by atoms with Crippen LogP contribution in [0.25, 0.3) is 0 Å². The molecule has 0 saturated heterocycles. The van der Waals surface area contributed by atoms with E-state index in [4.69, 9.17) is 9.47 Å². The van der Waals surface area contributed by atoms with Gasteiger partial charge in [0.15, 0.2) is 6.29 Å². The number of ether oxygens (including phenoxy) is 2. The topological polar surface area (TPSA) is 18.5 Å². The molecule has 0 aromatic rings. The van der Waals surface area contributed by atoms with Crippen molar-refractivity contribution in [2.45, 2.75) is 27.1 Å². The Morgan fingerprint density at radius 3 is 2.36 bits per heavy atom. The number of halogens is 1. The van der Waals surface area contributed by atoms with Gasteiger partial charge in [-0.05, 0) is 19.8 Å². The minimum Gasteiger partial charge on any atom is -0.353 e. The second-order valence-electron chi connectivity index (χ2n) is 2.62. The Balaban J connectivity index is 3.22. The summed E-state index contributed by atoms with van der Waals surface area (Å²) < 4.78 is 10.6. The van der Waals surface area contributed by atoms with Crippen LogP contribution in [0.1, 0.15) is 20.8 Å². The van der Waals surface area contributed by atoms with E-state index in [0.29, 0.717) is 12.5 Å². The van der Waals surface area contributed by atoms with Crippen LogP contribution in [0, 0.1) is 5.92 Å². The van der Waals surface area contributed by atoms with Crippen molar-refractivity contribution in [3.8, 4) is 0 Å². The van der Waals surface area contributed by atoms with Crippen molar-refractivity contribution in [2.24, 2.45) is 5.92 Å². The summed E-state index contributed by atoms with van der Waals surface area (Å²) in [4.78, 5) is 0. The van der Waals surface area contributed by atoms with Crippen LogP contribution in [0.3, 0.4) is 0 Å². The van der Waals surface area contributed by atoms with E-state index in [9.17, 15) is 0 Å². The van der Waals surface area contributed by atoms with Gasteiger partial charge >= 0.3 is 0 Å². The van der Waals surface area contributed by atoms with Crippen LogP contribution in [-0.4, -0.2) is 24.8 Å². The first-order chi connectivity index (χ1) is 5.20. The van der Waals surface area contributed by atoms with Gasteiger partial charge in [-0.3, -0.25) is 0 Å². The highest BCUT2D eigenvalue weighted by Gasteiger charge is 2.03. The zero-order valence-electron chi connectivity index (χ0n) is 7.47. The normalized spacial score (nSPS) is 16.4. The van der Waals surface area contributed by atoms with Crippen LogP contribution in [0.4, 0.5) is 0 Å². The summed E-state index contributed by atoms with van der Waals surface area (Å²) in [5, 5.41) is 0.978. The first-order valence-corrected chi connectivity index (χ1v) is 5.12. The summed E-state index contributed by atoms with van der Waals surface area (Å²) in [6, 6.07) is 0. The van der Waals surface area contributed by atoms with E-state index in [0.717, 1.165) is 11.9 Å². The summed E-state index contributed by atoms with van der Waals surface area (Å²) >= 11 is 3.38. The minimum atomic E-state index is -0.0681. The molecular formula is C8H17BrO2. The zero-order valence-corrected chi connectivity index (χ0v) is 9.06. The van der Waals surface area contributed by atoms with Crippen molar-refractivity contribution >= 4 is 15.9 Å². The molecule has 0 spiro atoms. The molecule has 0 bridgehead atoms. The van der Waals surface area contributed by atoms with Gasteiger partial charge in [0.25, 0.3) is 0 Å². The predicted molar refractivity (Wildman–Crippen MR) is 50.0 cm³/mol. The third kappa shape index (κ3) is 6.78. The van der Waals surface area contributed by atoms with E-state index in [2.05, 4.69) is 22.9 Å². The molecule has 0 aromatic heterocycles. The lowest BCUT2D eigenvalue weighted by atomic mass is 10.2. The Bertz CT molecular complexity index is 88.2. The summed E-state index contributed by atoms with van der Waals surface area (Å²) in [6.07, 6.45) is -0.0681. The molecule has 0 amide bonds. The summed E-state index contributed by atoms with van der Waals surface area (Å²) in [5.74, 6) is 0.554. The molecule has 0 aliphatic rings. The Kier molecular flexibility index (Phi) is 7.33. The van der Waals surface area contributed by atoms with Gasteiger partial charge in [0, 0.05) is 11.9 Å². The van der Waals surface area contributed by atoms with E-state index in [-0.39, 0.29) is 6.29 Å². The molecule has 2 unspecified atom stereocenters. The van der Waals surface area contributed by atoms with Crippen molar-refractivity contribution in [3.63, 3.8) is 0 Å². The summed E-state index contributed by atoms with van der Waals surface area (Å²) in [6.45, 7) is 7.49. The van der Waals surface area contributed by atoms with Gasteiger partial charge in [-0.1, -0.05) is 22.9 Å². The molecule has 11 heavy (non-hydrogen) atoms. The molecule has 0 fully saturated rings. The van der Waals surface area contributed by atoms with Crippen molar-refractivity contribution in [2.75, 3.05) is 18.5 Å². The SMILES string of the molecule is CCOC(C)OCC(C)CBr. The lowest BCUT2D eigenvalue weighted by Crippen LogP contribution is -2.17. The molecule has 3 heteroatoms. The molecule has 0 radical (unpaired) electrons. The maximum Gasteiger partial charge on any atom is 0.154 e. The first kappa shape index (κ1) is 11.4. The van der Waals surface area contributed by atoms with E-state index in [1.54, 1.807) is 0 Å². The van der Waals surface area contributed by atoms with Gasteiger partial charge in [0.1, 0.15) is 0 Å². The van der Waals surface area contributed by atoms with Crippen LogP contribution in [0.2, 0.25) is 0 Å². The Labute approximate surface area is 77.4 Å². The number of alkyl halides is 1. The molecule has 68 valence electrons. The van der Waals surface area contributed by atoms with Crippen molar-refractivity contribution < 1.29 is 9.47 Å². The highest BCUT2D eigenvalue weighted by atomic mass is 79.9. The van der Waals surface area contributed by atoms with Gasteiger partial charge in [-0.15, -0.1) is 0 Å². The smallest absolute Gasteiger partial charge is 0.154 e. The third-order valence-electron chi connectivity index (χ3n) is 1.28. The van der Waals surface area contributed by atoms with E-state index >= 15 is 0 Å². The molecule has 2 nitrogen and oxygen atoms in total. The average molecular weight is 225 g/mol. The van der Waals surface area contributed by atoms with E-state index < -0.39 is 0 Å². The molecule has 0 aliphatic carbocycles. The Hall–Kier alpha value is 0.400. The second-order valence-corrected chi connectivity index (χ2v) is 3.26. The lowest BCUT2D eigenvalue weighted by Gasteiger charge is -2.14. The quantitative estimate of drug-likeness (QED) is 0.510. The predicted octanol–water partition coefficient (Wildman–Crippen LogP) is 2.42. The molecule has 0 rings (SSSR count). The second kappa shape index (κ2) is 7.07. The molecule has 0 heterocycles. The van der Waals surface area contributed by atoms with Gasteiger partial charge in [0.05, 0.1) is 6.61 Å². The highest BCUT2D eigenvalue weighted by Crippen LogP contribution is 2.03. The number of rotatable bonds is 6. The lowest BCUT2D eigenvalue weighted by molar-refractivity contribution is -0.132. The first-order valence-electron chi connectivity index (χ1n) is 3.99. The maximum absolute atomic E-state index is 5.38.